The van der Waals surface area contributed by atoms with Crippen molar-refractivity contribution in [2.45, 2.75) is 13.3 Å². The number of benzene rings is 1. The van der Waals surface area contributed by atoms with E-state index in [-0.39, 0.29) is 18.2 Å². The Bertz CT molecular complexity index is 774. The van der Waals surface area contributed by atoms with Crippen molar-refractivity contribution in [1.82, 2.24) is 9.97 Å². The summed E-state index contributed by atoms with van der Waals surface area (Å²) in [5, 5.41) is 8.92. The van der Waals surface area contributed by atoms with Gasteiger partial charge in [-0.1, -0.05) is 36.8 Å². The van der Waals surface area contributed by atoms with E-state index < -0.39 is 5.97 Å². The first-order valence-electron chi connectivity index (χ1n) is 7.77. The van der Waals surface area contributed by atoms with Gasteiger partial charge in [-0.3, -0.25) is 4.79 Å². The Morgan fingerprint density at radius 2 is 2.04 bits per heavy atom. The fraction of sp³-hybridized carbons (Fsp3) is 0.278. The number of carbonyl (C=O) groups is 1. The van der Waals surface area contributed by atoms with Crippen molar-refractivity contribution in [3.05, 3.63) is 54.1 Å². The van der Waals surface area contributed by atoms with Crippen molar-refractivity contribution < 1.29 is 14.3 Å². The Labute approximate surface area is 139 Å². The average molecular weight is 327 g/mol. The number of hydrogen-bond donors (Lipinski definition) is 1. The number of carboxylic acid groups (broad SMARTS) is 1. The van der Waals surface area contributed by atoms with Gasteiger partial charge in [0.15, 0.2) is 0 Å². The smallest absolute Gasteiger partial charge is 0.307 e. The third kappa shape index (κ3) is 3.42. The first-order valence-corrected chi connectivity index (χ1v) is 7.77. The van der Waals surface area contributed by atoms with Crippen LogP contribution >= 0.6 is 0 Å². The van der Waals surface area contributed by atoms with E-state index in [1.807, 2.05) is 17.9 Å². The molecule has 1 aromatic heterocycles. The van der Waals surface area contributed by atoms with Crippen LogP contribution in [-0.2, 0) is 4.79 Å². The highest BCUT2D eigenvalue weighted by atomic mass is 19.1. The lowest BCUT2D eigenvalue weighted by molar-refractivity contribution is -0.136. The van der Waals surface area contributed by atoms with E-state index in [0.29, 0.717) is 30.2 Å². The Morgan fingerprint density at radius 1 is 1.33 bits per heavy atom. The molecule has 6 heteroatoms. The molecule has 0 aliphatic carbocycles. The molecule has 3 rings (SSSR count). The van der Waals surface area contributed by atoms with Crippen LogP contribution in [0, 0.1) is 11.7 Å². The molecule has 0 amide bonds. The first-order chi connectivity index (χ1) is 11.5. The molecule has 0 fully saturated rings. The van der Waals surface area contributed by atoms with Gasteiger partial charge in [-0.25, -0.2) is 14.4 Å². The van der Waals surface area contributed by atoms with Crippen LogP contribution in [0.3, 0.4) is 0 Å². The van der Waals surface area contributed by atoms with E-state index in [1.54, 1.807) is 30.6 Å². The lowest BCUT2D eigenvalue weighted by atomic mass is 9.94. The van der Waals surface area contributed by atoms with Crippen molar-refractivity contribution >= 4 is 11.9 Å². The first kappa shape index (κ1) is 16.1. The third-order valence-electron chi connectivity index (χ3n) is 4.16. The number of rotatable bonds is 4. The molecule has 1 N–H and O–H groups in total. The largest absolute Gasteiger partial charge is 0.481 e. The minimum Gasteiger partial charge on any atom is -0.481 e. The van der Waals surface area contributed by atoms with Crippen LogP contribution in [0.5, 0.6) is 0 Å². The number of hydrogen-bond acceptors (Lipinski definition) is 4. The van der Waals surface area contributed by atoms with E-state index >= 15 is 0 Å². The zero-order valence-corrected chi connectivity index (χ0v) is 13.3. The monoisotopic (exact) mass is 327 g/mol. The van der Waals surface area contributed by atoms with E-state index in [9.17, 15) is 9.18 Å². The van der Waals surface area contributed by atoms with E-state index in [4.69, 9.17) is 5.11 Å². The standard InChI is InChI=1S/C18H18FN3O2/c1-12-11-22(7-6-13(12)8-17(23)24)18-20-9-14(10-21-18)15-4-2-3-5-16(15)19/h2-6,9-10,12H,7-8,11H2,1H3,(H,23,24). The van der Waals surface area contributed by atoms with Crippen LogP contribution in [0.25, 0.3) is 11.1 Å². The van der Waals surface area contributed by atoms with Gasteiger partial charge in [-0.2, -0.15) is 0 Å². The highest BCUT2D eigenvalue weighted by Crippen LogP contribution is 2.25. The Kier molecular flexibility index (Phi) is 4.55. The van der Waals surface area contributed by atoms with Crippen molar-refractivity contribution in [2.75, 3.05) is 18.0 Å². The molecule has 5 nitrogen and oxygen atoms in total. The zero-order chi connectivity index (χ0) is 17.1. The minimum absolute atomic E-state index is 0.0715. The minimum atomic E-state index is -0.813. The van der Waals surface area contributed by atoms with Crippen LogP contribution in [0.15, 0.2) is 48.3 Å². The molecule has 1 aromatic carbocycles. The van der Waals surface area contributed by atoms with Crippen LogP contribution in [-0.4, -0.2) is 34.1 Å². The molecular formula is C18H18FN3O2. The molecule has 2 heterocycles. The molecule has 0 saturated heterocycles. The predicted molar refractivity (Wildman–Crippen MR) is 89.1 cm³/mol. The molecule has 1 atom stereocenters. The number of aromatic nitrogens is 2. The van der Waals surface area contributed by atoms with Crippen molar-refractivity contribution in [1.29, 1.82) is 0 Å². The molecule has 0 radical (unpaired) electrons. The fourth-order valence-corrected chi connectivity index (χ4v) is 2.85. The maximum atomic E-state index is 13.8. The summed E-state index contributed by atoms with van der Waals surface area (Å²) < 4.78 is 13.8. The molecule has 0 bridgehead atoms. The SMILES string of the molecule is CC1CN(c2ncc(-c3ccccc3F)cn2)CC=C1CC(=O)O. The highest BCUT2D eigenvalue weighted by molar-refractivity contribution is 5.70. The van der Waals surface area contributed by atoms with Crippen LogP contribution in [0.2, 0.25) is 0 Å². The number of anilines is 1. The highest BCUT2D eigenvalue weighted by Gasteiger charge is 2.22. The van der Waals surface area contributed by atoms with Gasteiger partial charge in [0.1, 0.15) is 5.82 Å². The van der Waals surface area contributed by atoms with Gasteiger partial charge in [-0.15, -0.1) is 0 Å². The molecular weight excluding hydrogens is 309 g/mol. The van der Waals surface area contributed by atoms with Gasteiger partial charge >= 0.3 is 5.97 Å². The normalized spacial score (nSPS) is 17.5. The quantitative estimate of drug-likeness (QED) is 0.874. The van der Waals surface area contributed by atoms with Gasteiger partial charge < -0.3 is 10.0 Å². The maximum Gasteiger partial charge on any atom is 0.307 e. The van der Waals surface area contributed by atoms with Crippen molar-refractivity contribution in [2.24, 2.45) is 5.92 Å². The summed E-state index contributed by atoms with van der Waals surface area (Å²) in [6.07, 6.45) is 5.22. The topological polar surface area (TPSA) is 66.3 Å². The summed E-state index contributed by atoms with van der Waals surface area (Å²) in [6, 6.07) is 6.51. The van der Waals surface area contributed by atoms with Crippen molar-refractivity contribution in [3.63, 3.8) is 0 Å². The molecule has 1 unspecified atom stereocenters. The summed E-state index contributed by atoms with van der Waals surface area (Å²) in [5.41, 5.74) is 2.03. The average Bonchev–Trinajstić information content (AvgIpc) is 2.57. The number of aliphatic carboxylic acids is 1. The Morgan fingerprint density at radius 3 is 2.67 bits per heavy atom. The molecule has 1 aliphatic rings. The number of carboxylic acids is 1. The number of halogens is 1. The van der Waals surface area contributed by atoms with Crippen molar-refractivity contribution in [3.8, 4) is 11.1 Å². The molecule has 124 valence electrons. The number of nitrogens with zero attached hydrogens (tertiary/aromatic N) is 3. The zero-order valence-electron chi connectivity index (χ0n) is 13.3. The molecule has 0 saturated carbocycles. The summed E-state index contributed by atoms with van der Waals surface area (Å²) >= 11 is 0. The second-order valence-electron chi connectivity index (χ2n) is 5.91. The lowest BCUT2D eigenvalue weighted by Crippen LogP contribution is -2.35. The molecule has 24 heavy (non-hydrogen) atoms. The van der Waals surface area contributed by atoms with Crippen LogP contribution in [0.4, 0.5) is 10.3 Å². The lowest BCUT2D eigenvalue weighted by Gasteiger charge is -2.30. The second kappa shape index (κ2) is 6.78. The van der Waals surface area contributed by atoms with E-state index in [1.165, 1.54) is 6.07 Å². The summed E-state index contributed by atoms with van der Waals surface area (Å²) in [6.45, 7) is 3.23. The second-order valence-corrected chi connectivity index (χ2v) is 5.91. The fourth-order valence-electron chi connectivity index (χ4n) is 2.85. The summed E-state index contributed by atoms with van der Waals surface area (Å²) in [5.74, 6) is -0.425. The maximum absolute atomic E-state index is 13.8. The van der Waals surface area contributed by atoms with Gasteiger partial charge in [0, 0.05) is 36.6 Å². The van der Waals surface area contributed by atoms with Gasteiger partial charge in [0.05, 0.1) is 6.42 Å². The van der Waals surface area contributed by atoms with Gasteiger partial charge in [-0.05, 0) is 12.0 Å². The molecule has 2 aromatic rings. The molecule has 1 aliphatic heterocycles. The summed E-state index contributed by atoms with van der Waals surface area (Å²) in [7, 11) is 0. The third-order valence-corrected chi connectivity index (χ3v) is 4.16. The van der Waals surface area contributed by atoms with Crippen LogP contribution in [0.1, 0.15) is 13.3 Å². The molecule has 0 spiro atoms. The van der Waals surface area contributed by atoms with Gasteiger partial charge in [0.2, 0.25) is 5.95 Å². The van der Waals surface area contributed by atoms with Gasteiger partial charge in [0.25, 0.3) is 0 Å². The summed E-state index contributed by atoms with van der Waals surface area (Å²) in [4.78, 5) is 21.5. The van der Waals surface area contributed by atoms with E-state index in [2.05, 4.69) is 9.97 Å². The Hall–Kier alpha value is -2.76. The predicted octanol–water partition coefficient (Wildman–Crippen LogP) is 3.14. The van der Waals surface area contributed by atoms with Crippen LogP contribution < -0.4 is 4.90 Å². The Balaban J connectivity index is 1.76. The van der Waals surface area contributed by atoms with E-state index in [0.717, 1.165) is 5.57 Å².